The molecule has 0 spiro atoms. The van der Waals surface area contributed by atoms with E-state index in [0.29, 0.717) is 18.0 Å². The van der Waals surface area contributed by atoms with Crippen molar-refractivity contribution in [3.63, 3.8) is 0 Å². The predicted octanol–water partition coefficient (Wildman–Crippen LogP) is 4.59. The Morgan fingerprint density at radius 3 is 2.61 bits per heavy atom. The minimum atomic E-state index is -0.111. The summed E-state index contributed by atoms with van der Waals surface area (Å²) in [4.78, 5) is 35.0. The molecule has 1 saturated heterocycles. The van der Waals surface area contributed by atoms with Crippen LogP contribution >= 0.6 is 0 Å². The minimum absolute atomic E-state index is 0.111. The fourth-order valence-corrected chi connectivity index (χ4v) is 4.90. The molecule has 0 bridgehead atoms. The molecule has 4 aromatic rings. The van der Waals surface area contributed by atoms with Gasteiger partial charge >= 0.3 is 0 Å². The lowest BCUT2D eigenvalue weighted by molar-refractivity contribution is 0.0836. The van der Waals surface area contributed by atoms with Crippen LogP contribution in [0.5, 0.6) is 0 Å². The number of para-hydroxylation sites is 1. The molecule has 0 aliphatic carbocycles. The molecule has 1 aliphatic rings. The highest BCUT2D eigenvalue weighted by Crippen LogP contribution is 2.31. The maximum absolute atomic E-state index is 12.3. The highest BCUT2D eigenvalue weighted by molar-refractivity contribution is 6.06. The Hall–Kier alpha value is -3.98. The molecule has 9 nitrogen and oxygen atoms in total. The third-order valence-corrected chi connectivity index (χ3v) is 7.44. The molecule has 1 amide bonds. The van der Waals surface area contributed by atoms with Crippen LogP contribution in [0.2, 0.25) is 0 Å². The largest absolute Gasteiger partial charge is 0.381 e. The normalized spacial score (nSPS) is 15.7. The van der Waals surface area contributed by atoms with E-state index in [1.165, 1.54) is 0 Å². The number of pyridine rings is 1. The molecule has 1 unspecified atom stereocenters. The Labute approximate surface area is 222 Å². The van der Waals surface area contributed by atoms with Crippen molar-refractivity contribution < 1.29 is 9.53 Å². The van der Waals surface area contributed by atoms with Gasteiger partial charge in [-0.3, -0.25) is 9.78 Å². The summed E-state index contributed by atoms with van der Waals surface area (Å²) < 4.78 is 5.45. The third-order valence-electron chi connectivity index (χ3n) is 7.44. The Morgan fingerprint density at radius 2 is 1.84 bits per heavy atom. The molecule has 3 aromatic heterocycles. The highest BCUT2D eigenvalue weighted by Gasteiger charge is 2.20. The molecule has 1 fully saturated rings. The van der Waals surface area contributed by atoms with Crippen LogP contribution in [-0.4, -0.2) is 57.6 Å². The van der Waals surface area contributed by atoms with Crippen LogP contribution in [0.4, 0.5) is 5.82 Å². The number of nitrogens with one attached hydrogen (secondary N) is 2. The molecule has 2 N–H and O–H groups in total. The first-order chi connectivity index (χ1) is 18.5. The number of benzene rings is 1. The molecule has 5 rings (SSSR count). The first kappa shape index (κ1) is 25.7. The van der Waals surface area contributed by atoms with Gasteiger partial charge in [0.15, 0.2) is 0 Å². The summed E-state index contributed by atoms with van der Waals surface area (Å²) in [7, 11) is 1.64. The number of hydrogen-bond acceptors (Lipinski definition) is 8. The van der Waals surface area contributed by atoms with Crippen LogP contribution in [0.15, 0.2) is 55.2 Å². The van der Waals surface area contributed by atoms with Crippen molar-refractivity contribution in [3.05, 3.63) is 72.2 Å². The van der Waals surface area contributed by atoms with E-state index in [1.54, 1.807) is 25.6 Å². The fourth-order valence-electron chi connectivity index (χ4n) is 4.90. The summed E-state index contributed by atoms with van der Waals surface area (Å²) in [6.45, 7) is 6.63. The van der Waals surface area contributed by atoms with E-state index in [9.17, 15) is 4.79 Å². The van der Waals surface area contributed by atoms with Gasteiger partial charge in [0, 0.05) is 68.3 Å². The molecule has 9 heteroatoms. The molecular weight excluding hydrogens is 478 g/mol. The Morgan fingerprint density at radius 1 is 1.05 bits per heavy atom. The second-order valence-electron chi connectivity index (χ2n) is 9.83. The van der Waals surface area contributed by atoms with Gasteiger partial charge in [0.2, 0.25) is 0 Å². The van der Waals surface area contributed by atoms with Crippen molar-refractivity contribution in [1.82, 2.24) is 30.2 Å². The average Bonchev–Trinajstić information content (AvgIpc) is 2.99. The van der Waals surface area contributed by atoms with E-state index in [-0.39, 0.29) is 17.7 Å². The summed E-state index contributed by atoms with van der Waals surface area (Å²) in [5, 5.41) is 7.04. The minimum Gasteiger partial charge on any atom is -0.381 e. The van der Waals surface area contributed by atoms with Gasteiger partial charge in [-0.25, -0.2) is 19.9 Å². The Balaban J connectivity index is 1.27. The average molecular weight is 512 g/mol. The number of fused-ring (bicyclic) bond motifs is 1. The number of hydrogen-bond donors (Lipinski definition) is 2. The van der Waals surface area contributed by atoms with Crippen molar-refractivity contribution in [1.29, 1.82) is 0 Å². The topological polar surface area (TPSA) is 115 Å². The standard InChI is InChI=1S/C29H33N7O2/c1-18(19(2)22-5-4-6-23-24(29(37)30-3)7-10-31-27(22)23)14-32-26-13-25(35-17-36-26)21-15-33-28(34-16-21)20-8-11-38-12-9-20/h4-7,10,13,15-20H,8-9,11-12,14H2,1-3H3,(H,30,37)(H,32,35,36)/t18-,19?/m1/s1. The monoisotopic (exact) mass is 511 g/mol. The SMILES string of the molecule is CNC(=O)c1ccnc2c(C(C)[C@H](C)CNc3cc(-c4cnc(C5CCOCC5)nc4)ncn3)cccc12. The van der Waals surface area contributed by atoms with Gasteiger partial charge in [-0.05, 0) is 36.3 Å². The summed E-state index contributed by atoms with van der Waals surface area (Å²) in [5.41, 5.74) is 4.26. The second-order valence-corrected chi connectivity index (χ2v) is 9.83. The number of amides is 1. The second kappa shape index (κ2) is 11.6. The molecule has 0 radical (unpaired) electrons. The zero-order chi connectivity index (χ0) is 26.5. The summed E-state index contributed by atoms with van der Waals surface area (Å²) in [6.07, 6.45) is 8.87. The smallest absolute Gasteiger partial charge is 0.251 e. The maximum Gasteiger partial charge on any atom is 0.251 e. The van der Waals surface area contributed by atoms with Crippen LogP contribution in [0.1, 0.15) is 60.3 Å². The molecule has 1 aliphatic heterocycles. The first-order valence-electron chi connectivity index (χ1n) is 13.1. The summed E-state index contributed by atoms with van der Waals surface area (Å²) >= 11 is 0. The van der Waals surface area contributed by atoms with Gasteiger partial charge in [0.05, 0.1) is 16.8 Å². The van der Waals surface area contributed by atoms with Crippen molar-refractivity contribution in [2.24, 2.45) is 5.92 Å². The van der Waals surface area contributed by atoms with Crippen LogP contribution in [0, 0.1) is 5.92 Å². The van der Waals surface area contributed by atoms with Gasteiger partial charge in [-0.2, -0.15) is 0 Å². The lowest BCUT2D eigenvalue weighted by Crippen LogP contribution is -2.19. The Bertz CT molecular complexity index is 1400. The van der Waals surface area contributed by atoms with E-state index < -0.39 is 0 Å². The van der Waals surface area contributed by atoms with Crippen molar-refractivity contribution in [2.75, 3.05) is 32.1 Å². The number of rotatable bonds is 8. The summed E-state index contributed by atoms with van der Waals surface area (Å²) in [6, 6.07) is 9.73. The van der Waals surface area contributed by atoms with E-state index in [0.717, 1.165) is 65.4 Å². The van der Waals surface area contributed by atoms with Gasteiger partial charge in [-0.1, -0.05) is 32.0 Å². The molecule has 1 aromatic carbocycles. The zero-order valence-electron chi connectivity index (χ0n) is 22.0. The number of carbonyl (C=O) groups is 1. The number of nitrogens with zero attached hydrogens (tertiary/aromatic N) is 5. The van der Waals surface area contributed by atoms with Crippen molar-refractivity contribution >= 4 is 22.6 Å². The third kappa shape index (κ3) is 5.47. The maximum atomic E-state index is 12.3. The molecule has 38 heavy (non-hydrogen) atoms. The van der Waals surface area contributed by atoms with Gasteiger partial charge in [0.25, 0.3) is 5.91 Å². The van der Waals surface area contributed by atoms with E-state index in [4.69, 9.17) is 4.74 Å². The number of ether oxygens (including phenoxy) is 1. The number of aromatic nitrogens is 5. The predicted molar refractivity (Wildman–Crippen MR) is 147 cm³/mol. The number of carbonyl (C=O) groups excluding carboxylic acids is 1. The zero-order valence-corrected chi connectivity index (χ0v) is 22.0. The van der Waals surface area contributed by atoms with Gasteiger partial charge in [0.1, 0.15) is 18.0 Å². The molecule has 4 heterocycles. The molecule has 0 saturated carbocycles. The Kier molecular flexibility index (Phi) is 7.83. The first-order valence-corrected chi connectivity index (χ1v) is 13.1. The van der Waals surface area contributed by atoms with E-state index >= 15 is 0 Å². The lowest BCUT2D eigenvalue weighted by atomic mass is 9.87. The van der Waals surface area contributed by atoms with Gasteiger partial charge < -0.3 is 15.4 Å². The lowest BCUT2D eigenvalue weighted by Gasteiger charge is -2.22. The van der Waals surface area contributed by atoms with Crippen LogP contribution in [0.25, 0.3) is 22.2 Å². The van der Waals surface area contributed by atoms with Crippen LogP contribution in [-0.2, 0) is 4.74 Å². The highest BCUT2D eigenvalue weighted by atomic mass is 16.5. The van der Waals surface area contributed by atoms with Crippen LogP contribution < -0.4 is 10.6 Å². The molecule has 196 valence electrons. The molecular formula is C29H33N7O2. The van der Waals surface area contributed by atoms with Crippen molar-refractivity contribution in [2.45, 2.75) is 38.5 Å². The quantitative estimate of drug-likeness (QED) is 0.353. The van der Waals surface area contributed by atoms with E-state index in [2.05, 4.69) is 55.5 Å². The number of anilines is 1. The van der Waals surface area contributed by atoms with Gasteiger partial charge in [-0.15, -0.1) is 0 Å². The van der Waals surface area contributed by atoms with Crippen LogP contribution in [0.3, 0.4) is 0 Å². The molecule has 2 atom stereocenters. The fraction of sp³-hybridized carbons (Fsp3) is 0.379. The van der Waals surface area contributed by atoms with Crippen molar-refractivity contribution in [3.8, 4) is 11.3 Å². The summed E-state index contributed by atoms with van der Waals surface area (Å²) in [5.74, 6) is 2.34. The van der Waals surface area contributed by atoms with E-state index in [1.807, 2.05) is 30.6 Å².